The predicted octanol–water partition coefficient (Wildman–Crippen LogP) is 2.02. The molecule has 94 valence electrons. The van der Waals surface area contributed by atoms with Gasteiger partial charge in [0.25, 0.3) is 0 Å². The van der Waals surface area contributed by atoms with Crippen molar-refractivity contribution in [3.05, 3.63) is 30.5 Å². The molecular formula is C9H6F3N5S. The summed E-state index contributed by atoms with van der Waals surface area (Å²) in [6.07, 6.45) is -1.86. The van der Waals surface area contributed by atoms with Gasteiger partial charge >= 0.3 is 6.18 Å². The molecule has 9 heteroatoms. The van der Waals surface area contributed by atoms with Crippen molar-refractivity contribution in [3.8, 4) is 0 Å². The van der Waals surface area contributed by atoms with Crippen molar-refractivity contribution in [2.75, 3.05) is 5.73 Å². The van der Waals surface area contributed by atoms with Crippen LogP contribution in [0.5, 0.6) is 0 Å². The fourth-order valence-corrected chi connectivity index (χ4v) is 1.82. The van der Waals surface area contributed by atoms with Gasteiger partial charge in [0, 0.05) is 12.3 Å². The maximum Gasteiger partial charge on any atom is 0.451 e. The van der Waals surface area contributed by atoms with Crippen LogP contribution in [0.2, 0.25) is 0 Å². The van der Waals surface area contributed by atoms with Crippen LogP contribution in [0.25, 0.3) is 0 Å². The number of rotatable bonds is 2. The Morgan fingerprint density at radius 3 is 2.56 bits per heavy atom. The zero-order valence-corrected chi connectivity index (χ0v) is 9.53. The van der Waals surface area contributed by atoms with Crippen molar-refractivity contribution in [3.63, 3.8) is 0 Å². The summed E-state index contributed by atoms with van der Waals surface area (Å²) in [5.74, 6) is -1.51. The Morgan fingerprint density at radius 2 is 1.94 bits per heavy atom. The quantitative estimate of drug-likeness (QED) is 0.843. The number of anilines is 1. The van der Waals surface area contributed by atoms with Crippen LogP contribution in [0.1, 0.15) is 5.82 Å². The zero-order valence-electron chi connectivity index (χ0n) is 8.72. The van der Waals surface area contributed by atoms with E-state index in [-0.39, 0.29) is 10.8 Å². The first-order chi connectivity index (χ1) is 8.45. The molecule has 2 aromatic rings. The maximum absolute atomic E-state index is 12.5. The number of nitrogens with two attached hydrogens (primary N) is 1. The molecule has 18 heavy (non-hydrogen) atoms. The Labute approximate surface area is 104 Å². The van der Waals surface area contributed by atoms with Gasteiger partial charge in [-0.2, -0.15) is 13.2 Å². The minimum atomic E-state index is -4.63. The normalized spacial score (nSPS) is 11.5. The minimum Gasteiger partial charge on any atom is -0.384 e. The molecule has 0 atom stereocenters. The molecule has 0 amide bonds. The lowest BCUT2D eigenvalue weighted by molar-refractivity contribution is -0.145. The Bertz CT molecular complexity index is 546. The lowest BCUT2D eigenvalue weighted by Crippen LogP contribution is -2.12. The van der Waals surface area contributed by atoms with Crippen LogP contribution >= 0.6 is 11.8 Å². The summed E-state index contributed by atoms with van der Waals surface area (Å²) in [6.45, 7) is 0. The molecule has 0 aliphatic carbocycles. The third kappa shape index (κ3) is 3.06. The van der Waals surface area contributed by atoms with Gasteiger partial charge in [-0.1, -0.05) is 0 Å². The lowest BCUT2D eigenvalue weighted by Gasteiger charge is -2.07. The number of halogens is 3. The van der Waals surface area contributed by atoms with E-state index in [0.717, 1.165) is 11.8 Å². The molecule has 5 nitrogen and oxygen atoms in total. The molecule has 0 aromatic carbocycles. The van der Waals surface area contributed by atoms with E-state index < -0.39 is 12.0 Å². The van der Waals surface area contributed by atoms with Crippen LogP contribution in [0.15, 0.2) is 34.7 Å². The summed E-state index contributed by atoms with van der Waals surface area (Å²) in [5, 5.41) is 0.546. The van der Waals surface area contributed by atoms with Gasteiger partial charge in [0.2, 0.25) is 5.82 Å². The first kappa shape index (κ1) is 12.6. The van der Waals surface area contributed by atoms with E-state index in [1.807, 2.05) is 0 Å². The molecule has 0 saturated carbocycles. The lowest BCUT2D eigenvalue weighted by atomic mass is 10.5. The second-order valence-electron chi connectivity index (χ2n) is 3.10. The van der Waals surface area contributed by atoms with Crippen molar-refractivity contribution < 1.29 is 13.2 Å². The molecule has 2 N–H and O–H groups in total. The van der Waals surface area contributed by atoms with Crippen LogP contribution in [-0.2, 0) is 6.18 Å². The third-order valence-corrected chi connectivity index (χ3v) is 2.61. The predicted molar refractivity (Wildman–Crippen MR) is 57.6 cm³/mol. The monoisotopic (exact) mass is 273 g/mol. The molecular weight excluding hydrogens is 267 g/mol. The van der Waals surface area contributed by atoms with Gasteiger partial charge in [-0.05, 0) is 17.8 Å². The number of nitrogens with zero attached hydrogens (tertiary/aromatic N) is 4. The van der Waals surface area contributed by atoms with E-state index in [0.29, 0.717) is 5.03 Å². The number of hydrogen-bond donors (Lipinski definition) is 1. The zero-order chi connectivity index (χ0) is 13.2. The summed E-state index contributed by atoms with van der Waals surface area (Å²) in [5.41, 5.74) is 5.31. The number of hydrogen-bond acceptors (Lipinski definition) is 6. The Morgan fingerprint density at radius 1 is 1.17 bits per heavy atom. The first-order valence-electron chi connectivity index (χ1n) is 4.61. The standard InChI is InChI=1S/C9H6F3N5S/c10-9(11,12)8-16-5(13)3-7(17-8)18-6-1-2-14-4-15-6/h1-4H,(H2,13,16,17). The van der Waals surface area contributed by atoms with E-state index >= 15 is 0 Å². The molecule has 0 aliphatic heterocycles. The van der Waals surface area contributed by atoms with E-state index in [9.17, 15) is 13.2 Å². The van der Waals surface area contributed by atoms with Gasteiger partial charge < -0.3 is 5.73 Å². The van der Waals surface area contributed by atoms with Gasteiger partial charge in [-0.25, -0.2) is 19.9 Å². The largest absolute Gasteiger partial charge is 0.451 e. The fraction of sp³-hybridized carbons (Fsp3) is 0.111. The second kappa shape index (κ2) is 4.77. The average molecular weight is 273 g/mol. The molecule has 2 aromatic heterocycles. The van der Waals surface area contributed by atoms with E-state index in [1.54, 1.807) is 6.07 Å². The first-order valence-corrected chi connectivity index (χ1v) is 5.42. The van der Waals surface area contributed by atoms with Crippen molar-refractivity contribution >= 4 is 17.6 Å². The molecule has 0 fully saturated rings. The summed E-state index contributed by atoms with van der Waals surface area (Å²) in [4.78, 5) is 14.1. The highest BCUT2D eigenvalue weighted by atomic mass is 32.2. The van der Waals surface area contributed by atoms with Crippen LogP contribution < -0.4 is 5.73 Å². The molecule has 0 bridgehead atoms. The highest BCUT2D eigenvalue weighted by Crippen LogP contribution is 2.30. The van der Waals surface area contributed by atoms with Gasteiger partial charge in [0.15, 0.2) is 0 Å². The minimum absolute atomic E-state index is 0.0773. The Balaban J connectivity index is 2.32. The molecule has 0 aliphatic rings. The number of nitrogen functional groups attached to an aromatic ring is 1. The second-order valence-corrected chi connectivity index (χ2v) is 4.14. The van der Waals surface area contributed by atoms with Crippen LogP contribution in [0.3, 0.4) is 0 Å². The topological polar surface area (TPSA) is 77.6 Å². The van der Waals surface area contributed by atoms with Gasteiger partial charge in [0.1, 0.15) is 22.2 Å². The molecule has 2 heterocycles. The summed E-state index contributed by atoms with van der Waals surface area (Å²) in [6, 6.07) is 2.80. The number of aromatic nitrogens is 4. The summed E-state index contributed by atoms with van der Waals surface area (Å²) < 4.78 is 37.4. The molecule has 0 spiro atoms. The smallest absolute Gasteiger partial charge is 0.384 e. The van der Waals surface area contributed by atoms with Crippen molar-refractivity contribution in [2.24, 2.45) is 0 Å². The SMILES string of the molecule is Nc1cc(Sc2ccncn2)nc(C(F)(F)F)n1. The van der Waals surface area contributed by atoms with E-state index in [2.05, 4.69) is 19.9 Å². The Hall–Kier alpha value is -1.90. The molecule has 2 rings (SSSR count). The average Bonchev–Trinajstić information content (AvgIpc) is 2.28. The fourth-order valence-electron chi connectivity index (χ4n) is 1.07. The van der Waals surface area contributed by atoms with Gasteiger partial charge in [-0.3, -0.25) is 0 Å². The van der Waals surface area contributed by atoms with Crippen molar-refractivity contribution in [1.29, 1.82) is 0 Å². The van der Waals surface area contributed by atoms with Crippen LogP contribution in [0, 0.1) is 0 Å². The molecule has 0 unspecified atom stereocenters. The van der Waals surface area contributed by atoms with Gasteiger partial charge in [-0.15, -0.1) is 0 Å². The summed E-state index contributed by atoms with van der Waals surface area (Å²) >= 11 is 0.950. The van der Waals surface area contributed by atoms with Crippen LogP contribution in [0.4, 0.5) is 19.0 Å². The Kier molecular flexibility index (Phi) is 3.32. The van der Waals surface area contributed by atoms with E-state index in [1.165, 1.54) is 18.6 Å². The van der Waals surface area contributed by atoms with Crippen molar-refractivity contribution in [2.45, 2.75) is 16.2 Å². The number of alkyl halides is 3. The highest BCUT2D eigenvalue weighted by Gasteiger charge is 2.35. The maximum atomic E-state index is 12.5. The highest BCUT2D eigenvalue weighted by molar-refractivity contribution is 7.99. The summed E-state index contributed by atoms with van der Waals surface area (Å²) in [7, 11) is 0. The molecule has 0 saturated heterocycles. The third-order valence-electron chi connectivity index (χ3n) is 1.74. The van der Waals surface area contributed by atoms with Crippen molar-refractivity contribution in [1.82, 2.24) is 19.9 Å². The van der Waals surface area contributed by atoms with E-state index in [4.69, 9.17) is 5.73 Å². The molecule has 0 radical (unpaired) electrons. The van der Waals surface area contributed by atoms with Gasteiger partial charge in [0.05, 0.1) is 0 Å². The van der Waals surface area contributed by atoms with Crippen LogP contribution in [-0.4, -0.2) is 19.9 Å².